The van der Waals surface area contributed by atoms with Crippen molar-refractivity contribution < 1.29 is 0 Å². The van der Waals surface area contributed by atoms with E-state index in [9.17, 15) is 0 Å². The van der Waals surface area contributed by atoms with Crippen LogP contribution in [-0.2, 0) is 10.8 Å². The predicted octanol–water partition coefficient (Wildman–Crippen LogP) is 18.3. The Morgan fingerprint density at radius 2 is 0.451 bits per heavy atom. The Balaban J connectivity index is 0.968. The van der Waals surface area contributed by atoms with Gasteiger partial charge in [-0.15, -0.1) is 0 Å². The SMILES string of the molecule is c1ccc(-c2nc(-c3ccccc3)nc(-c3ccc(-c4cc(N5c6ccccc6C(c6ccccc6)(c6ccccc6)c6ccccc65)nc(N5c6ccccc6C(c6ccccc6)(c6ccccc6)c6ccccc65)c4)cc3)n2)cc1. The highest BCUT2D eigenvalue weighted by atomic mass is 15.3. The Morgan fingerprint density at radius 1 is 0.207 bits per heavy atom. The molecule has 2 aliphatic rings. The molecule has 2 aromatic heterocycles. The summed E-state index contributed by atoms with van der Waals surface area (Å²) in [6.07, 6.45) is 0. The first-order chi connectivity index (χ1) is 40.7. The third-order valence-electron chi connectivity index (χ3n) is 16.5. The van der Waals surface area contributed by atoms with Crippen molar-refractivity contribution in [3.05, 3.63) is 360 Å². The molecule has 6 nitrogen and oxygen atoms in total. The minimum Gasteiger partial charge on any atom is -0.294 e. The van der Waals surface area contributed by atoms with E-state index in [0.717, 1.165) is 84.5 Å². The minimum atomic E-state index is -0.652. The summed E-state index contributed by atoms with van der Waals surface area (Å²) in [5.74, 6) is 3.39. The van der Waals surface area contributed by atoms with Crippen LogP contribution in [0.2, 0.25) is 0 Å². The number of rotatable bonds is 10. The lowest BCUT2D eigenvalue weighted by Gasteiger charge is -2.47. The summed E-state index contributed by atoms with van der Waals surface area (Å²) in [5.41, 5.74) is 17.0. The fraction of sp³-hybridized carbons (Fsp3) is 0.0263. The molecule has 0 spiro atoms. The number of aromatic nitrogens is 4. The standard InChI is InChI=1S/C76H52N6/c1-7-27-54(28-8-1)72-78-73(55-29-9-2-10-30-55)80-74(79-72)56-49-47-53(48-50-56)57-51-70(81-66-43-23-19-39-62(66)75(58-31-11-3-12-32-58,59-33-13-4-14-34-59)63-40-20-24-44-67(63)81)77-71(52-57)82-68-45-25-21-41-64(68)76(60-35-15-5-16-36-60,61-37-17-6-18-38-61)65-42-22-26-46-69(65)82/h1-52H. The molecule has 0 amide bonds. The van der Waals surface area contributed by atoms with Crippen LogP contribution in [0.3, 0.4) is 0 Å². The van der Waals surface area contributed by atoms with Gasteiger partial charge in [0.15, 0.2) is 17.5 Å². The van der Waals surface area contributed by atoms with E-state index in [2.05, 4.69) is 265 Å². The van der Waals surface area contributed by atoms with Crippen LogP contribution in [0, 0.1) is 0 Å². The van der Waals surface area contributed by atoms with Gasteiger partial charge in [0.05, 0.1) is 33.6 Å². The zero-order valence-corrected chi connectivity index (χ0v) is 44.7. The number of fused-ring (bicyclic) bond motifs is 4. The van der Waals surface area contributed by atoms with Gasteiger partial charge in [-0.2, -0.15) is 0 Å². The number of hydrogen-bond acceptors (Lipinski definition) is 6. The molecule has 4 heterocycles. The Hall–Kier alpha value is -10.8. The average molecular weight is 1050 g/mol. The predicted molar refractivity (Wildman–Crippen MR) is 332 cm³/mol. The van der Waals surface area contributed by atoms with Crippen LogP contribution in [-0.4, -0.2) is 19.9 Å². The summed E-state index contributed by atoms with van der Waals surface area (Å²) in [7, 11) is 0. The molecule has 82 heavy (non-hydrogen) atoms. The molecule has 6 heteroatoms. The van der Waals surface area contributed by atoms with Crippen molar-refractivity contribution in [2.24, 2.45) is 0 Å². The van der Waals surface area contributed by atoms with Crippen molar-refractivity contribution in [2.75, 3.05) is 9.80 Å². The number of para-hydroxylation sites is 4. The van der Waals surface area contributed by atoms with Gasteiger partial charge >= 0.3 is 0 Å². The maximum Gasteiger partial charge on any atom is 0.164 e. The van der Waals surface area contributed by atoms with E-state index in [1.807, 2.05) is 60.7 Å². The van der Waals surface area contributed by atoms with E-state index in [1.54, 1.807) is 0 Å². The average Bonchev–Trinajstić information content (AvgIpc) is 1.41. The fourth-order valence-corrected chi connectivity index (χ4v) is 13.0. The molecular formula is C76H52N6. The number of anilines is 6. The lowest BCUT2D eigenvalue weighted by atomic mass is 9.62. The van der Waals surface area contributed by atoms with Gasteiger partial charge < -0.3 is 0 Å². The van der Waals surface area contributed by atoms with Crippen molar-refractivity contribution in [2.45, 2.75) is 10.8 Å². The maximum absolute atomic E-state index is 5.96. The van der Waals surface area contributed by atoms with Gasteiger partial charge in [0.1, 0.15) is 11.6 Å². The molecular weight excluding hydrogens is 997 g/mol. The van der Waals surface area contributed by atoms with E-state index in [4.69, 9.17) is 19.9 Å². The molecule has 0 bridgehead atoms. The Labute approximate surface area is 477 Å². The van der Waals surface area contributed by atoms with Gasteiger partial charge in [-0.25, -0.2) is 19.9 Å². The number of benzene rings is 11. The van der Waals surface area contributed by atoms with Gasteiger partial charge in [-0.1, -0.05) is 279 Å². The summed E-state index contributed by atoms with van der Waals surface area (Å²) in [4.78, 5) is 25.9. The van der Waals surface area contributed by atoms with Crippen molar-refractivity contribution in [3.8, 4) is 45.3 Å². The zero-order chi connectivity index (χ0) is 54.5. The van der Waals surface area contributed by atoms with E-state index in [1.165, 1.54) is 22.3 Å². The molecule has 13 aromatic rings. The van der Waals surface area contributed by atoms with Crippen LogP contribution in [0.5, 0.6) is 0 Å². The highest BCUT2D eigenvalue weighted by Gasteiger charge is 2.48. The van der Waals surface area contributed by atoms with Crippen LogP contribution < -0.4 is 9.80 Å². The van der Waals surface area contributed by atoms with Gasteiger partial charge in [0.25, 0.3) is 0 Å². The van der Waals surface area contributed by atoms with Gasteiger partial charge in [-0.05, 0) is 92.0 Å². The van der Waals surface area contributed by atoms with Crippen molar-refractivity contribution >= 4 is 34.4 Å². The molecule has 386 valence electrons. The van der Waals surface area contributed by atoms with Crippen molar-refractivity contribution in [1.29, 1.82) is 0 Å². The molecule has 2 aliphatic heterocycles. The Kier molecular flexibility index (Phi) is 11.9. The third-order valence-corrected chi connectivity index (χ3v) is 16.5. The highest BCUT2D eigenvalue weighted by Crippen LogP contribution is 2.60. The monoisotopic (exact) mass is 1050 g/mol. The largest absolute Gasteiger partial charge is 0.294 e. The molecule has 11 aromatic carbocycles. The van der Waals surface area contributed by atoms with Gasteiger partial charge in [-0.3, -0.25) is 9.80 Å². The van der Waals surface area contributed by atoms with E-state index in [0.29, 0.717) is 17.5 Å². The molecule has 0 radical (unpaired) electrons. The minimum absolute atomic E-state index is 0.596. The van der Waals surface area contributed by atoms with Crippen molar-refractivity contribution in [3.63, 3.8) is 0 Å². The van der Waals surface area contributed by atoms with Crippen LogP contribution >= 0.6 is 0 Å². The summed E-state index contributed by atoms with van der Waals surface area (Å²) in [5, 5.41) is 0. The van der Waals surface area contributed by atoms with E-state index in [-0.39, 0.29) is 0 Å². The number of pyridine rings is 1. The molecule has 0 saturated heterocycles. The summed E-state index contributed by atoms with van der Waals surface area (Å²) in [6.45, 7) is 0. The third kappa shape index (κ3) is 7.79. The van der Waals surface area contributed by atoms with E-state index < -0.39 is 10.8 Å². The summed E-state index contributed by atoms with van der Waals surface area (Å²) >= 11 is 0. The van der Waals surface area contributed by atoms with Crippen LogP contribution in [0.4, 0.5) is 34.4 Å². The first-order valence-corrected chi connectivity index (χ1v) is 27.9. The van der Waals surface area contributed by atoms with Gasteiger partial charge in [0.2, 0.25) is 0 Å². The quantitative estimate of drug-likeness (QED) is 0.136. The Morgan fingerprint density at radius 3 is 0.756 bits per heavy atom. The lowest BCUT2D eigenvalue weighted by molar-refractivity contribution is 0.728. The maximum atomic E-state index is 5.96. The smallest absolute Gasteiger partial charge is 0.164 e. The molecule has 0 saturated carbocycles. The van der Waals surface area contributed by atoms with Crippen LogP contribution in [0.25, 0.3) is 45.3 Å². The second-order valence-electron chi connectivity index (χ2n) is 20.9. The normalized spacial score (nSPS) is 13.5. The fourth-order valence-electron chi connectivity index (χ4n) is 13.0. The highest BCUT2D eigenvalue weighted by molar-refractivity contribution is 5.93. The summed E-state index contributed by atoms with van der Waals surface area (Å²) in [6, 6.07) is 113. The van der Waals surface area contributed by atoms with Crippen LogP contribution in [0.1, 0.15) is 44.5 Å². The summed E-state index contributed by atoms with van der Waals surface area (Å²) < 4.78 is 0. The van der Waals surface area contributed by atoms with Gasteiger partial charge in [0, 0.05) is 16.7 Å². The van der Waals surface area contributed by atoms with Crippen LogP contribution in [0.15, 0.2) is 315 Å². The van der Waals surface area contributed by atoms with E-state index >= 15 is 0 Å². The lowest BCUT2D eigenvalue weighted by Crippen LogP contribution is -2.38. The first kappa shape index (κ1) is 48.3. The molecule has 15 rings (SSSR count). The zero-order valence-electron chi connectivity index (χ0n) is 44.7. The second kappa shape index (κ2) is 20.1. The second-order valence-corrected chi connectivity index (χ2v) is 20.9. The molecule has 0 atom stereocenters. The molecule has 0 fully saturated rings. The molecule has 0 aliphatic carbocycles. The topological polar surface area (TPSA) is 58.0 Å². The first-order valence-electron chi connectivity index (χ1n) is 27.9. The number of nitrogens with zero attached hydrogens (tertiary/aromatic N) is 6. The number of hydrogen-bond donors (Lipinski definition) is 0. The molecule has 0 unspecified atom stereocenters. The molecule has 0 N–H and O–H groups in total. The Bertz CT molecular complexity index is 4010. The van der Waals surface area contributed by atoms with Crippen molar-refractivity contribution in [1.82, 2.24) is 19.9 Å².